The molecule has 1 aromatic rings. The zero-order chi connectivity index (χ0) is 9.14. The van der Waals surface area contributed by atoms with Crippen LogP contribution in [0.1, 0.15) is 18.1 Å². The second-order valence-corrected chi connectivity index (χ2v) is 2.97. The summed E-state index contributed by atoms with van der Waals surface area (Å²) in [6.45, 7) is 3.28. The molecule has 12 heavy (non-hydrogen) atoms. The van der Waals surface area contributed by atoms with E-state index < -0.39 is 0 Å². The molecular weight excluding hydrogens is 155 g/mol. The van der Waals surface area contributed by atoms with Gasteiger partial charge in [0, 0.05) is 6.42 Å². The van der Waals surface area contributed by atoms with E-state index in [1.165, 1.54) is 13.0 Å². The summed E-state index contributed by atoms with van der Waals surface area (Å²) < 4.78 is 13.1. The van der Waals surface area contributed by atoms with Crippen LogP contribution in [0.5, 0.6) is 0 Å². The summed E-state index contributed by atoms with van der Waals surface area (Å²) in [5.74, 6) is -0.303. The first kappa shape index (κ1) is 8.91. The second kappa shape index (κ2) is 3.48. The van der Waals surface area contributed by atoms with Crippen molar-refractivity contribution in [3.63, 3.8) is 0 Å². The minimum atomic E-state index is -0.287. The maximum absolute atomic E-state index is 13.1. The van der Waals surface area contributed by atoms with Gasteiger partial charge in [0.2, 0.25) is 0 Å². The summed E-state index contributed by atoms with van der Waals surface area (Å²) in [6.07, 6.45) is 0.187. The molecule has 1 aromatic carbocycles. The molecule has 0 aromatic heterocycles. The lowest BCUT2D eigenvalue weighted by molar-refractivity contribution is -0.116. The molecule has 0 saturated heterocycles. The lowest BCUT2D eigenvalue weighted by Crippen LogP contribution is -1.99. The number of rotatable bonds is 2. The lowest BCUT2D eigenvalue weighted by Gasteiger charge is -2.00. The number of hydrogen-bond donors (Lipinski definition) is 0. The zero-order valence-electron chi connectivity index (χ0n) is 7.23. The van der Waals surface area contributed by atoms with E-state index in [-0.39, 0.29) is 18.0 Å². The van der Waals surface area contributed by atoms with Gasteiger partial charge in [0.25, 0.3) is 0 Å². The van der Waals surface area contributed by atoms with Gasteiger partial charge in [-0.15, -0.1) is 0 Å². The quantitative estimate of drug-likeness (QED) is 0.658. The topological polar surface area (TPSA) is 17.1 Å². The first-order chi connectivity index (χ1) is 5.59. The van der Waals surface area contributed by atoms with Crippen molar-refractivity contribution in [2.24, 2.45) is 0 Å². The number of halogens is 1. The van der Waals surface area contributed by atoms with Crippen molar-refractivity contribution < 1.29 is 9.18 Å². The van der Waals surface area contributed by atoms with Gasteiger partial charge in [0.15, 0.2) is 0 Å². The zero-order valence-corrected chi connectivity index (χ0v) is 7.23. The van der Waals surface area contributed by atoms with Gasteiger partial charge < -0.3 is 0 Å². The van der Waals surface area contributed by atoms with Crippen LogP contribution in [0, 0.1) is 12.7 Å². The van der Waals surface area contributed by atoms with Gasteiger partial charge >= 0.3 is 0 Å². The van der Waals surface area contributed by atoms with Crippen LogP contribution in [0.3, 0.4) is 0 Å². The third-order valence-corrected chi connectivity index (χ3v) is 1.65. The smallest absolute Gasteiger partial charge is 0.134 e. The minimum Gasteiger partial charge on any atom is -0.300 e. The molecule has 0 atom stereocenters. The summed E-state index contributed by atoms with van der Waals surface area (Å²) in [4.78, 5) is 10.7. The molecule has 0 aliphatic rings. The van der Waals surface area contributed by atoms with Gasteiger partial charge in [0.1, 0.15) is 11.6 Å². The Balaban J connectivity index is 2.93. The lowest BCUT2D eigenvalue weighted by atomic mass is 10.1. The van der Waals surface area contributed by atoms with Crippen LogP contribution in [0.2, 0.25) is 0 Å². The van der Waals surface area contributed by atoms with E-state index in [4.69, 9.17) is 0 Å². The Bertz CT molecular complexity index is 305. The van der Waals surface area contributed by atoms with Gasteiger partial charge in [0.05, 0.1) is 0 Å². The first-order valence-electron chi connectivity index (χ1n) is 3.84. The Morgan fingerprint density at radius 1 is 1.50 bits per heavy atom. The molecule has 0 N–H and O–H groups in total. The van der Waals surface area contributed by atoms with E-state index in [2.05, 4.69) is 0 Å². The highest BCUT2D eigenvalue weighted by Crippen LogP contribution is 2.10. The Morgan fingerprint density at radius 2 is 2.17 bits per heavy atom. The predicted octanol–water partition coefficient (Wildman–Crippen LogP) is 2.27. The predicted molar refractivity (Wildman–Crippen MR) is 45.5 cm³/mol. The monoisotopic (exact) mass is 166 g/mol. The van der Waals surface area contributed by atoms with Crippen LogP contribution in [0.4, 0.5) is 4.39 Å². The molecule has 2 heteroatoms. The fourth-order valence-electron chi connectivity index (χ4n) is 1.06. The van der Waals surface area contributed by atoms with Crippen molar-refractivity contribution in [1.82, 2.24) is 0 Å². The first-order valence-corrected chi connectivity index (χ1v) is 3.84. The van der Waals surface area contributed by atoms with Crippen molar-refractivity contribution in [2.45, 2.75) is 20.3 Å². The van der Waals surface area contributed by atoms with E-state index in [0.717, 1.165) is 5.56 Å². The average Bonchev–Trinajstić information content (AvgIpc) is 1.94. The van der Waals surface area contributed by atoms with Crippen molar-refractivity contribution in [1.29, 1.82) is 0 Å². The molecule has 1 nitrogen and oxygen atoms in total. The summed E-state index contributed by atoms with van der Waals surface area (Å²) in [5.41, 5.74) is 1.35. The van der Waals surface area contributed by atoms with Crippen LogP contribution < -0.4 is 0 Å². The van der Waals surface area contributed by atoms with E-state index in [0.29, 0.717) is 5.56 Å². The standard InChI is InChI=1S/C10H11FO/c1-7-3-4-9(6-8(2)12)10(11)5-7/h3-5H,6H2,1-2H3. The van der Waals surface area contributed by atoms with Gasteiger partial charge in [-0.3, -0.25) is 4.79 Å². The molecule has 64 valence electrons. The van der Waals surface area contributed by atoms with Crippen molar-refractivity contribution in [3.8, 4) is 0 Å². The minimum absolute atomic E-state index is 0.0160. The van der Waals surface area contributed by atoms with E-state index in [1.807, 2.05) is 6.92 Å². The van der Waals surface area contributed by atoms with Gasteiger partial charge in [-0.25, -0.2) is 4.39 Å². The third kappa shape index (κ3) is 2.16. The average molecular weight is 166 g/mol. The highest BCUT2D eigenvalue weighted by atomic mass is 19.1. The Morgan fingerprint density at radius 3 is 2.67 bits per heavy atom. The fourth-order valence-corrected chi connectivity index (χ4v) is 1.06. The number of ketones is 1. The summed E-state index contributed by atoms with van der Waals surface area (Å²) >= 11 is 0. The Hall–Kier alpha value is -1.18. The van der Waals surface area contributed by atoms with Crippen molar-refractivity contribution >= 4 is 5.78 Å². The van der Waals surface area contributed by atoms with Crippen LogP contribution in [-0.4, -0.2) is 5.78 Å². The van der Waals surface area contributed by atoms with E-state index in [9.17, 15) is 9.18 Å². The van der Waals surface area contributed by atoms with Crippen LogP contribution in [0.25, 0.3) is 0 Å². The molecule has 0 aliphatic carbocycles. The number of carbonyl (C=O) groups excluding carboxylic acids is 1. The normalized spacial score (nSPS) is 9.92. The maximum Gasteiger partial charge on any atom is 0.134 e. The molecule has 1 rings (SSSR count). The van der Waals surface area contributed by atoms with Gasteiger partial charge in [-0.2, -0.15) is 0 Å². The van der Waals surface area contributed by atoms with Crippen LogP contribution in [-0.2, 0) is 11.2 Å². The number of benzene rings is 1. The SMILES string of the molecule is CC(=O)Cc1ccc(C)cc1F. The molecular formula is C10H11FO. The molecule has 0 saturated carbocycles. The molecule has 0 radical (unpaired) electrons. The Kier molecular flexibility index (Phi) is 2.58. The maximum atomic E-state index is 13.1. The van der Waals surface area contributed by atoms with Crippen LogP contribution >= 0.6 is 0 Å². The van der Waals surface area contributed by atoms with E-state index >= 15 is 0 Å². The number of hydrogen-bond acceptors (Lipinski definition) is 1. The molecule has 0 bridgehead atoms. The number of Topliss-reactive ketones (excluding diaryl/α,β-unsaturated/α-hetero) is 1. The largest absolute Gasteiger partial charge is 0.300 e. The van der Waals surface area contributed by atoms with Crippen molar-refractivity contribution in [2.75, 3.05) is 0 Å². The van der Waals surface area contributed by atoms with Gasteiger partial charge in [-0.1, -0.05) is 12.1 Å². The molecule has 0 spiro atoms. The number of aryl methyl sites for hydroxylation is 1. The summed E-state index contributed by atoms with van der Waals surface area (Å²) in [6, 6.07) is 4.91. The van der Waals surface area contributed by atoms with Crippen molar-refractivity contribution in [3.05, 3.63) is 35.1 Å². The van der Waals surface area contributed by atoms with Gasteiger partial charge in [-0.05, 0) is 31.0 Å². The Labute approximate surface area is 71.2 Å². The fraction of sp³-hybridized carbons (Fsp3) is 0.300. The highest BCUT2D eigenvalue weighted by Gasteiger charge is 2.03. The second-order valence-electron chi connectivity index (χ2n) is 2.97. The van der Waals surface area contributed by atoms with E-state index in [1.54, 1.807) is 12.1 Å². The molecule has 0 aliphatic heterocycles. The molecule has 0 fully saturated rings. The molecule has 0 unspecified atom stereocenters. The number of carbonyl (C=O) groups is 1. The summed E-state index contributed by atoms with van der Waals surface area (Å²) in [7, 11) is 0. The third-order valence-electron chi connectivity index (χ3n) is 1.65. The summed E-state index contributed by atoms with van der Waals surface area (Å²) in [5, 5.41) is 0. The molecule has 0 amide bonds. The molecule has 0 heterocycles. The highest BCUT2D eigenvalue weighted by molar-refractivity contribution is 5.78. The van der Waals surface area contributed by atoms with Crippen LogP contribution in [0.15, 0.2) is 18.2 Å².